The van der Waals surface area contributed by atoms with E-state index >= 15 is 0 Å². The molecule has 0 atom stereocenters. The molecule has 1 saturated carbocycles. The number of hydrogen-bond acceptors (Lipinski definition) is 2. The van der Waals surface area contributed by atoms with Crippen LogP contribution >= 0.6 is 0 Å². The zero-order valence-corrected chi connectivity index (χ0v) is 11.2. The van der Waals surface area contributed by atoms with Gasteiger partial charge in [-0.05, 0) is 45.2 Å². The Balaban J connectivity index is 1.84. The van der Waals surface area contributed by atoms with Gasteiger partial charge in [-0.3, -0.25) is 0 Å². The van der Waals surface area contributed by atoms with E-state index in [0.29, 0.717) is 0 Å². The molecule has 96 valence electrons. The third kappa shape index (κ3) is 3.86. The van der Waals surface area contributed by atoms with Gasteiger partial charge in [-0.1, -0.05) is 0 Å². The van der Waals surface area contributed by atoms with Crippen molar-refractivity contribution in [1.82, 2.24) is 9.88 Å². The summed E-state index contributed by atoms with van der Waals surface area (Å²) >= 11 is 0. The van der Waals surface area contributed by atoms with Crippen molar-refractivity contribution in [2.24, 2.45) is 0 Å². The highest BCUT2D eigenvalue weighted by molar-refractivity contribution is 5.07. The molecule has 0 bridgehead atoms. The van der Waals surface area contributed by atoms with Crippen LogP contribution in [0.1, 0.15) is 38.8 Å². The second-order valence-electron chi connectivity index (χ2n) is 5.56. The molecule has 1 heterocycles. The van der Waals surface area contributed by atoms with Gasteiger partial charge in [0.2, 0.25) is 0 Å². The molecule has 1 fully saturated rings. The Kier molecular flexibility index (Phi) is 3.89. The summed E-state index contributed by atoms with van der Waals surface area (Å²) in [4.78, 5) is 0. The van der Waals surface area contributed by atoms with Gasteiger partial charge in [-0.25, -0.2) is 0 Å². The fourth-order valence-electron chi connectivity index (χ4n) is 1.86. The van der Waals surface area contributed by atoms with E-state index in [1.807, 2.05) is 0 Å². The van der Waals surface area contributed by atoms with Crippen molar-refractivity contribution >= 4 is 0 Å². The third-order valence-corrected chi connectivity index (χ3v) is 3.58. The number of hydrogen-bond donors (Lipinski definition) is 1. The summed E-state index contributed by atoms with van der Waals surface area (Å²) in [6.45, 7) is 6.29. The van der Waals surface area contributed by atoms with Gasteiger partial charge in [0.15, 0.2) is 0 Å². The van der Waals surface area contributed by atoms with Crippen LogP contribution in [0.3, 0.4) is 0 Å². The molecule has 0 aromatic carbocycles. The number of aromatic nitrogens is 1. The first-order valence-electron chi connectivity index (χ1n) is 6.53. The molecule has 0 aliphatic heterocycles. The molecule has 0 spiro atoms. The summed E-state index contributed by atoms with van der Waals surface area (Å²) < 4.78 is 7.78. The number of nitrogens with one attached hydrogen (secondary N) is 1. The Hall–Kier alpha value is -0.800. The van der Waals surface area contributed by atoms with Crippen LogP contribution in [0.15, 0.2) is 18.3 Å². The minimum Gasteiger partial charge on any atom is -0.379 e. The maximum atomic E-state index is 5.46. The first kappa shape index (κ1) is 12.7. The quantitative estimate of drug-likeness (QED) is 0.787. The van der Waals surface area contributed by atoms with Crippen LogP contribution in [0.25, 0.3) is 0 Å². The van der Waals surface area contributed by atoms with Crippen molar-refractivity contribution in [3.63, 3.8) is 0 Å². The predicted octanol–water partition coefficient (Wildman–Crippen LogP) is 2.56. The lowest BCUT2D eigenvalue weighted by Gasteiger charge is -2.23. The van der Waals surface area contributed by atoms with Crippen molar-refractivity contribution in [2.75, 3.05) is 7.11 Å². The molecule has 0 saturated heterocycles. The summed E-state index contributed by atoms with van der Waals surface area (Å²) in [5, 5.41) is 3.56. The number of methoxy groups -OCH3 is 1. The molecule has 3 nitrogen and oxygen atoms in total. The summed E-state index contributed by atoms with van der Waals surface area (Å²) in [7, 11) is 1.78. The Bertz CT molecular complexity index is 353. The summed E-state index contributed by atoms with van der Waals surface area (Å²) in [6.07, 6.45) is 5.89. The number of nitrogens with zero attached hydrogens (tertiary/aromatic N) is 1. The monoisotopic (exact) mass is 236 g/mol. The lowest BCUT2D eigenvalue weighted by molar-refractivity contribution is 0.0119. The van der Waals surface area contributed by atoms with E-state index in [1.165, 1.54) is 18.5 Å². The van der Waals surface area contributed by atoms with Crippen molar-refractivity contribution in [1.29, 1.82) is 0 Å². The molecule has 1 aliphatic rings. The highest BCUT2D eigenvalue weighted by Crippen LogP contribution is 2.20. The minimum atomic E-state index is -0.0362. The van der Waals surface area contributed by atoms with Crippen molar-refractivity contribution in [3.05, 3.63) is 24.0 Å². The van der Waals surface area contributed by atoms with Gasteiger partial charge in [-0.15, -0.1) is 0 Å². The van der Waals surface area contributed by atoms with E-state index in [9.17, 15) is 0 Å². The molecular weight excluding hydrogens is 212 g/mol. The van der Waals surface area contributed by atoms with Crippen LogP contribution in [0.5, 0.6) is 0 Å². The van der Waals surface area contributed by atoms with Crippen LogP contribution in [-0.2, 0) is 17.8 Å². The van der Waals surface area contributed by atoms with E-state index in [1.54, 1.807) is 7.11 Å². The van der Waals surface area contributed by atoms with Gasteiger partial charge in [0, 0.05) is 38.1 Å². The molecule has 0 amide bonds. The second-order valence-corrected chi connectivity index (χ2v) is 5.56. The van der Waals surface area contributed by atoms with Crippen LogP contribution in [0.2, 0.25) is 0 Å². The molecule has 1 N–H and O–H groups in total. The van der Waals surface area contributed by atoms with Crippen molar-refractivity contribution < 1.29 is 4.74 Å². The summed E-state index contributed by atoms with van der Waals surface area (Å²) in [6, 6.07) is 5.10. The van der Waals surface area contributed by atoms with E-state index in [2.05, 4.69) is 42.1 Å². The second kappa shape index (κ2) is 5.23. The lowest BCUT2D eigenvalue weighted by atomic mass is 10.1. The van der Waals surface area contributed by atoms with Gasteiger partial charge in [-0.2, -0.15) is 0 Å². The van der Waals surface area contributed by atoms with Gasteiger partial charge >= 0.3 is 0 Å². The molecule has 1 aromatic rings. The Labute approximate surface area is 104 Å². The van der Waals surface area contributed by atoms with E-state index in [4.69, 9.17) is 4.74 Å². The van der Waals surface area contributed by atoms with Gasteiger partial charge in [0.05, 0.1) is 5.60 Å². The first-order chi connectivity index (χ1) is 8.11. The molecule has 0 unspecified atom stereocenters. The fraction of sp³-hybridized carbons (Fsp3) is 0.714. The van der Waals surface area contributed by atoms with Crippen LogP contribution < -0.4 is 5.32 Å². The van der Waals surface area contributed by atoms with Gasteiger partial charge in [0.25, 0.3) is 0 Å². The first-order valence-corrected chi connectivity index (χ1v) is 6.53. The van der Waals surface area contributed by atoms with E-state index < -0.39 is 0 Å². The molecular formula is C14H24N2O. The van der Waals surface area contributed by atoms with E-state index in [-0.39, 0.29) is 5.60 Å². The molecule has 2 rings (SSSR count). The molecule has 3 heteroatoms. The van der Waals surface area contributed by atoms with Gasteiger partial charge < -0.3 is 14.6 Å². The highest BCUT2D eigenvalue weighted by atomic mass is 16.5. The molecule has 17 heavy (non-hydrogen) atoms. The van der Waals surface area contributed by atoms with E-state index in [0.717, 1.165) is 25.6 Å². The van der Waals surface area contributed by atoms with Crippen LogP contribution in [0.4, 0.5) is 0 Å². The number of ether oxygens (including phenoxy) is 1. The zero-order valence-electron chi connectivity index (χ0n) is 11.2. The number of aryl methyl sites for hydroxylation is 1. The lowest BCUT2D eigenvalue weighted by Crippen LogP contribution is -2.25. The van der Waals surface area contributed by atoms with Gasteiger partial charge in [0.1, 0.15) is 0 Å². The highest BCUT2D eigenvalue weighted by Gasteiger charge is 2.21. The summed E-state index contributed by atoms with van der Waals surface area (Å²) in [5.74, 6) is 0. The van der Waals surface area contributed by atoms with Crippen molar-refractivity contribution in [3.8, 4) is 0 Å². The molecule has 0 radical (unpaired) electrons. The third-order valence-electron chi connectivity index (χ3n) is 3.58. The zero-order chi connectivity index (χ0) is 12.3. The summed E-state index contributed by atoms with van der Waals surface area (Å²) in [5.41, 5.74) is 1.34. The smallest absolute Gasteiger partial charge is 0.0639 e. The average Bonchev–Trinajstić information content (AvgIpc) is 3.03. The van der Waals surface area contributed by atoms with Crippen LogP contribution in [0, 0.1) is 0 Å². The fourth-order valence-corrected chi connectivity index (χ4v) is 1.86. The maximum Gasteiger partial charge on any atom is 0.0639 e. The Morgan fingerprint density at radius 3 is 2.88 bits per heavy atom. The minimum absolute atomic E-state index is 0.0362. The molecule has 1 aromatic heterocycles. The largest absolute Gasteiger partial charge is 0.379 e. The topological polar surface area (TPSA) is 26.2 Å². The standard InChI is InChI=1S/C14H24N2O/c1-14(2,17-3)8-10-16-9-4-5-13(16)11-15-12-6-7-12/h4-5,9,12,15H,6-8,10-11H2,1-3H3. The van der Waals surface area contributed by atoms with Crippen LogP contribution in [-0.4, -0.2) is 23.3 Å². The number of rotatable bonds is 7. The predicted molar refractivity (Wildman–Crippen MR) is 70.0 cm³/mol. The van der Waals surface area contributed by atoms with Crippen molar-refractivity contribution in [2.45, 2.75) is 57.8 Å². The Morgan fingerprint density at radius 1 is 1.47 bits per heavy atom. The SMILES string of the molecule is COC(C)(C)CCn1cccc1CNC1CC1. The average molecular weight is 236 g/mol. The normalized spacial score (nSPS) is 16.4. The molecule has 1 aliphatic carbocycles. The Morgan fingerprint density at radius 2 is 2.24 bits per heavy atom. The maximum absolute atomic E-state index is 5.46.